The maximum absolute atomic E-state index is 5.62. The van der Waals surface area contributed by atoms with Gasteiger partial charge >= 0.3 is 0 Å². The number of nitrogens with two attached hydrogens (primary N) is 1. The number of hydrogen-bond donors (Lipinski definition) is 1. The van der Waals surface area contributed by atoms with Gasteiger partial charge in [0.15, 0.2) is 0 Å². The maximum Gasteiger partial charge on any atom is 0.0780 e. The van der Waals surface area contributed by atoms with Crippen molar-refractivity contribution in [2.24, 2.45) is 0 Å². The highest BCUT2D eigenvalue weighted by Crippen LogP contribution is 2.06. The Balaban J connectivity index is 2.17. The van der Waals surface area contributed by atoms with E-state index in [4.69, 9.17) is 15.2 Å². The van der Waals surface area contributed by atoms with Gasteiger partial charge in [-0.2, -0.15) is 0 Å². The van der Waals surface area contributed by atoms with Gasteiger partial charge in [0.05, 0.1) is 19.3 Å². The van der Waals surface area contributed by atoms with Crippen LogP contribution in [0.5, 0.6) is 0 Å². The summed E-state index contributed by atoms with van der Waals surface area (Å²) in [4.78, 5) is 0. The summed E-state index contributed by atoms with van der Waals surface area (Å²) in [6, 6.07) is 7.90. The van der Waals surface area contributed by atoms with Gasteiger partial charge < -0.3 is 15.2 Å². The smallest absolute Gasteiger partial charge is 0.0780 e. The van der Waals surface area contributed by atoms with E-state index in [1.54, 1.807) is 0 Å². The van der Waals surface area contributed by atoms with Crippen molar-refractivity contribution in [1.29, 1.82) is 0 Å². The molecule has 0 saturated heterocycles. The molecule has 0 aliphatic carbocycles. The predicted molar refractivity (Wildman–Crippen MR) is 66.5 cm³/mol. The highest BCUT2D eigenvalue weighted by Gasteiger charge is 2.01. The molecule has 0 fully saturated rings. The summed E-state index contributed by atoms with van der Waals surface area (Å²) in [5, 5.41) is 0. The van der Waals surface area contributed by atoms with Gasteiger partial charge in [0, 0.05) is 12.3 Å². The van der Waals surface area contributed by atoms with Crippen LogP contribution in [0.15, 0.2) is 24.3 Å². The van der Waals surface area contributed by atoms with Crippen molar-refractivity contribution in [3.05, 3.63) is 29.8 Å². The fraction of sp³-hybridized carbons (Fsp3) is 0.538. The van der Waals surface area contributed by atoms with Gasteiger partial charge in [-0.05, 0) is 38.0 Å². The highest BCUT2D eigenvalue weighted by molar-refractivity contribution is 5.39. The van der Waals surface area contributed by atoms with Crippen molar-refractivity contribution >= 4 is 5.69 Å². The summed E-state index contributed by atoms with van der Waals surface area (Å²) < 4.78 is 10.9. The first-order valence-corrected chi connectivity index (χ1v) is 5.76. The third-order valence-electron chi connectivity index (χ3n) is 2.33. The average Bonchev–Trinajstić information content (AvgIpc) is 2.29. The number of rotatable bonds is 7. The molecular formula is C13H21NO2. The minimum absolute atomic E-state index is 0.161. The van der Waals surface area contributed by atoms with E-state index in [2.05, 4.69) is 0 Å². The van der Waals surface area contributed by atoms with Crippen LogP contribution in [0.25, 0.3) is 0 Å². The van der Waals surface area contributed by atoms with E-state index in [1.807, 2.05) is 38.1 Å². The summed E-state index contributed by atoms with van der Waals surface area (Å²) in [6.45, 7) is 6.14. The molecule has 2 N–H and O–H groups in total. The minimum Gasteiger partial charge on any atom is -0.399 e. The number of benzene rings is 1. The molecule has 0 aromatic heterocycles. The SMILES string of the molecule is CCOCC(C)OCCc1ccc(N)cc1. The fourth-order valence-electron chi connectivity index (χ4n) is 1.39. The Morgan fingerprint density at radius 2 is 1.94 bits per heavy atom. The lowest BCUT2D eigenvalue weighted by Crippen LogP contribution is -2.17. The Morgan fingerprint density at radius 1 is 1.25 bits per heavy atom. The molecule has 90 valence electrons. The standard InChI is InChI=1S/C13H21NO2/c1-3-15-10-11(2)16-9-8-12-4-6-13(14)7-5-12/h4-7,11H,3,8-10,14H2,1-2H3. The van der Waals surface area contributed by atoms with E-state index < -0.39 is 0 Å². The minimum atomic E-state index is 0.161. The maximum atomic E-state index is 5.62. The molecule has 0 saturated carbocycles. The van der Waals surface area contributed by atoms with Gasteiger partial charge in [-0.3, -0.25) is 0 Å². The molecular weight excluding hydrogens is 202 g/mol. The van der Waals surface area contributed by atoms with Crippen molar-refractivity contribution in [3.8, 4) is 0 Å². The predicted octanol–water partition coefficient (Wildman–Crippen LogP) is 2.25. The molecule has 1 aromatic carbocycles. The lowest BCUT2D eigenvalue weighted by Gasteiger charge is -2.12. The molecule has 0 radical (unpaired) electrons. The van der Waals surface area contributed by atoms with Gasteiger partial charge in [0.2, 0.25) is 0 Å². The first kappa shape index (κ1) is 13.0. The molecule has 0 heterocycles. The van der Waals surface area contributed by atoms with Crippen LogP contribution in [0, 0.1) is 0 Å². The summed E-state index contributed by atoms with van der Waals surface area (Å²) >= 11 is 0. The quantitative estimate of drug-likeness (QED) is 0.721. The Labute approximate surface area is 97.6 Å². The Bertz CT molecular complexity index is 284. The molecule has 1 atom stereocenters. The number of nitrogen functional groups attached to an aromatic ring is 1. The van der Waals surface area contributed by atoms with Crippen LogP contribution < -0.4 is 5.73 Å². The largest absolute Gasteiger partial charge is 0.399 e. The van der Waals surface area contributed by atoms with Crippen molar-refractivity contribution in [3.63, 3.8) is 0 Å². The Hall–Kier alpha value is -1.06. The second-order valence-electron chi connectivity index (χ2n) is 3.83. The molecule has 0 aliphatic rings. The van der Waals surface area contributed by atoms with Crippen LogP contribution in [0.1, 0.15) is 19.4 Å². The monoisotopic (exact) mass is 223 g/mol. The van der Waals surface area contributed by atoms with Gasteiger partial charge in [0.25, 0.3) is 0 Å². The van der Waals surface area contributed by atoms with E-state index in [0.717, 1.165) is 25.3 Å². The second kappa shape index (κ2) is 7.25. The first-order valence-electron chi connectivity index (χ1n) is 5.76. The normalized spacial score (nSPS) is 12.6. The van der Waals surface area contributed by atoms with Crippen LogP contribution in [0.4, 0.5) is 5.69 Å². The topological polar surface area (TPSA) is 44.5 Å². The van der Waals surface area contributed by atoms with Crippen LogP contribution in [-0.2, 0) is 15.9 Å². The summed E-state index contributed by atoms with van der Waals surface area (Å²) in [7, 11) is 0. The number of ether oxygens (including phenoxy) is 2. The van der Waals surface area contributed by atoms with Crippen LogP contribution in [0.3, 0.4) is 0 Å². The van der Waals surface area contributed by atoms with E-state index in [0.29, 0.717) is 6.61 Å². The zero-order valence-electron chi connectivity index (χ0n) is 10.1. The van der Waals surface area contributed by atoms with Gasteiger partial charge in [-0.15, -0.1) is 0 Å². The first-order chi connectivity index (χ1) is 7.72. The van der Waals surface area contributed by atoms with Crippen molar-refractivity contribution in [2.45, 2.75) is 26.4 Å². The van der Waals surface area contributed by atoms with Crippen LogP contribution in [0.2, 0.25) is 0 Å². The Kier molecular flexibility index (Phi) is 5.90. The molecule has 0 amide bonds. The summed E-state index contributed by atoms with van der Waals surface area (Å²) in [5.41, 5.74) is 7.66. The lowest BCUT2D eigenvalue weighted by molar-refractivity contribution is -0.00202. The molecule has 1 unspecified atom stereocenters. The fourth-order valence-corrected chi connectivity index (χ4v) is 1.39. The van der Waals surface area contributed by atoms with Crippen molar-refractivity contribution in [2.75, 3.05) is 25.6 Å². The molecule has 3 heteroatoms. The van der Waals surface area contributed by atoms with Gasteiger partial charge in [0.1, 0.15) is 0 Å². The second-order valence-corrected chi connectivity index (χ2v) is 3.83. The third-order valence-corrected chi connectivity index (χ3v) is 2.33. The van der Waals surface area contributed by atoms with E-state index >= 15 is 0 Å². The van der Waals surface area contributed by atoms with Crippen molar-refractivity contribution < 1.29 is 9.47 Å². The van der Waals surface area contributed by atoms with E-state index in [-0.39, 0.29) is 6.10 Å². The van der Waals surface area contributed by atoms with Crippen LogP contribution >= 0.6 is 0 Å². The highest BCUT2D eigenvalue weighted by atomic mass is 16.5. The van der Waals surface area contributed by atoms with Crippen molar-refractivity contribution in [1.82, 2.24) is 0 Å². The molecule has 0 bridgehead atoms. The summed E-state index contributed by atoms with van der Waals surface area (Å²) in [6.07, 6.45) is 1.07. The van der Waals surface area contributed by atoms with E-state index in [1.165, 1.54) is 5.56 Å². The summed E-state index contributed by atoms with van der Waals surface area (Å²) in [5.74, 6) is 0. The van der Waals surface area contributed by atoms with Crippen LogP contribution in [-0.4, -0.2) is 25.9 Å². The average molecular weight is 223 g/mol. The zero-order chi connectivity index (χ0) is 11.8. The zero-order valence-corrected chi connectivity index (χ0v) is 10.1. The molecule has 1 aromatic rings. The van der Waals surface area contributed by atoms with Gasteiger partial charge in [-0.25, -0.2) is 0 Å². The van der Waals surface area contributed by atoms with E-state index in [9.17, 15) is 0 Å². The number of hydrogen-bond acceptors (Lipinski definition) is 3. The molecule has 3 nitrogen and oxygen atoms in total. The van der Waals surface area contributed by atoms with Gasteiger partial charge in [-0.1, -0.05) is 12.1 Å². The third kappa shape index (κ3) is 5.14. The Morgan fingerprint density at radius 3 is 2.56 bits per heavy atom. The molecule has 1 rings (SSSR count). The molecule has 16 heavy (non-hydrogen) atoms. The number of anilines is 1. The molecule has 0 aliphatic heterocycles. The lowest BCUT2D eigenvalue weighted by atomic mass is 10.1. The molecule has 0 spiro atoms.